The molecule has 0 aromatic heterocycles. The maximum Gasteiger partial charge on any atom is 0.116 e. The molecule has 1 fully saturated rings. The van der Waals surface area contributed by atoms with Gasteiger partial charge in [-0.25, -0.2) is 0 Å². The molecule has 0 amide bonds. The smallest absolute Gasteiger partial charge is 0.116 e. The van der Waals surface area contributed by atoms with Gasteiger partial charge in [-0.2, -0.15) is 0 Å². The fourth-order valence-electron chi connectivity index (χ4n) is 2.16. The van der Waals surface area contributed by atoms with Crippen LogP contribution in [-0.4, -0.2) is 14.3 Å². The molecule has 2 heteroatoms. The maximum absolute atomic E-state index is 3.83. The van der Waals surface area contributed by atoms with Crippen LogP contribution in [-0.2, 0) is 0 Å². The molecular weight excluding hydrogens is 174 g/mol. The van der Waals surface area contributed by atoms with E-state index in [1.165, 1.54) is 25.7 Å². The molecule has 1 aliphatic carbocycles. The van der Waals surface area contributed by atoms with Gasteiger partial charge in [-0.1, -0.05) is 33.5 Å². The summed E-state index contributed by atoms with van der Waals surface area (Å²) < 4.78 is 0. The van der Waals surface area contributed by atoms with Gasteiger partial charge in [-0.15, -0.1) is 0 Å². The Balaban J connectivity index is 2.34. The summed E-state index contributed by atoms with van der Waals surface area (Å²) in [5.74, 6) is 0. The van der Waals surface area contributed by atoms with Crippen LogP contribution in [0.25, 0.3) is 0 Å². The molecule has 1 nitrogen and oxygen atoms in total. The molecule has 1 saturated carbocycles. The van der Waals surface area contributed by atoms with E-state index in [1.807, 2.05) is 0 Å². The minimum absolute atomic E-state index is 0.609. The van der Waals surface area contributed by atoms with Crippen molar-refractivity contribution < 1.29 is 0 Å². The number of hydrogen-bond donors (Lipinski definition) is 1. The molecule has 0 radical (unpaired) electrons. The standard InChI is InChI=1S/C11H25NSi/c1-11(2)8-6-10(7-9-11)12-13(3,4)5/h10,12H,6-9H2,1-5H3. The largest absolute Gasteiger partial charge is 0.335 e. The molecule has 0 unspecified atom stereocenters. The second-order valence-electron chi connectivity index (χ2n) is 6.33. The predicted octanol–water partition coefficient (Wildman–Crippen LogP) is 3.38. The van der Waals surface area contributed by atoms with Crippen LogP contribution in [0.5, 0.6) is 0 Å². The molecule has 0 spiro atoms. The highest BCUT2D eigenvalue weighted by Gasteiger charge is 2.28. The minimum atomic E-state index is -1.04. The Morgan fingerprint density at radius 3 is 1.92 bits per heavy atom. The molecule has 0 bridgehead atoms. The Morgan fingerprint density at radius 1 is 1.08 bits per heavy atom. The average molecular weight is 199 g/mol. The van der Waals surface area contributed by atoms with Crippen LogP contribution >= 0.6 is 0 Å². The lowest BCUT2D eigenvalue weighted by molar-refractivity contribution is 0.217. The summed E-state index contributed by atoms with van der Waals surface area (Å²) in [6.07, 6.45) is 5.57. The maximum atomic E-state index is 3.83. The van der Waals surface area contributed by atoms with Crippen molar-refractivity contribution in [2.45, 2.75) is 65.2 Å². The lowest BCUT2D eigenvalue weighted by atomic mass is 9.76. The van der Waals surface area contributed by atoms with E-state index in [0.717, 1.165) is 6.04 Å². The van der Waals surface area contributed by atoms with Crippen molar-refractivity contribution in [2.75, 3.05) is 0 Å². The third kappa shape index (κ3) is 4.27. The molecule has 78 valence electrons. The fraction of sp³-hybridized carbons (Fsp3) is 1.00. The van der Waals surface area contributed by atoms with E-state index in [1.54, 1.807) is 0 Å². The van der Waals surface area contributed by atoms with Gasteiger partial charge in [0.2, 0.25) is 0 Å². The predicted molar refractivity (Wildman–Crippen MR) is 62.5 cm³/mol. The zero-order valence-electron chi connectivity index (χ0n) is 9.91. The molecular formula is C11H25NSi. The van der Waals surface area contributed by atoms with Gasteiger partial charge in [-0.3, -0.25) is 0 Å². The summed E-state index contributed by atoms with van der Waals surface area (Å²) in [5, 5.41) is 0. The Hall–Kier alpha value is 0.177. The normalized spacial score (nSPS) is 24.7. The van der Waals surface area contributed by atoms with E-state index in [0.29, 0.717) is 5.41 Å². The summed E-state index contributed by atoms with van der Waals surface area (Å²) in [7, 11) is -1.04. The van der Waals surface area contributed by atoms with Gasteiger partial charge in [0.1, 0.15) is 8.24 Å². The van der Waals surface area contributed by atoms with E-state index in [4.69, 9.17) is 0 Å². The van der Waals surface area contributed by atoms with Crippen molar-refractivity contribution >= 4 is 8.24 Å². The SMILES string of the molecule is CC1(C)CCC(N[Si](C)(C)C)CC1. The van der Waals surface area contributed by atoms with Crippen molar-refractivity contribution in [1.82, 2.24) is 4.98 Å². The molecule has 0 saturated heterocycles. The minimum Gasteiger partial charge on any atom is -0.335 e. The van der Waals surface area contributed by atoms with Crippen LogP contribution in [0.4, 0.5) is 0 Å². The molecule has 13 heavy (non-hydrogen) atoms. The van der Waals surface area contributed by atoms with Crippen LogP contribution in [0.3, 0.4) is 0 Å². The van der Waals surface area contributed by atoms with Gasteiger partial charge in [0, 0.05) is 6.04 Å². The highest BCUT2D eigenvalue weighted by atomic mass is 28.3. The second kappa shape index (κ2) is 3.74. The third-order valence-corrected chi connectivity index (χ3v) is 4.25. The molecule has 0 heterocycles. The topological polar surface area (TPSA) is 12.0 Å². The molecule has 1 N–H and O–H groups in total. The van der Waals surface area contributed by atoms with Gasteiger partial charge in [-0.05, 0) is 31.1 Å². The first kappa shape index (κ1) is 11.3. The summed E-state index contributed by atoms with van der Waals surface area (Å²) in [5.41, 5.74) is 0.609. The van der Waals surface area contributed by atoms with Gasteiger partial charge in [0.25, 0.3) is 0 Å². The van der Waals surface area contributed by atoms with E-state index in [-0.39, 0.29) is 0 Å². The van der Waals surface area contributed by atoms with E-state index >= 15 is 0 Å². The van der Waals surface area contributed by atoms with Crippen LogP contribution in [0.1, 0.15) is 39.5 Å². The van der Waals surface area contributed by atoms with Crippen molar-refractivity contribution in [1.29, 1.82) is 0 Å². The monoisotopic (exact) mass is 199 g/mol. The molecule has 0 atom stereocenters. The molecule has 0 aromatic rings. The lowest BCUT2D eigenvalue weighted by Gasteiger charge is -2.37. The zero-order chi connectivity index (χ0) is 10.1. The Bertz CT molecular complexity index is 159. The average Bonchev–Trinajstić information content (AvgIpc) is 1.91. The Labute approximate surface area is 84.4 Å². The van der Waals surface area contributed by atoms with Crippen molar-refractivity contribution in [3.63, 3.8) is 0 Å². The van der Waals surface area contributed by atoms with Gasteiger partial charge in [0.15, 0.2) is 0 Å². The first-order chi connectivity index (χ1) is 5.79. The fourth-order valence-corrected chi connectivity index (χ4v) is 3.67. The van der Waals surface area contributed by atoms with Gasteiger partial charge >= 0.3 is 0 Å². The first-order valence-corrected chi connectivity index (χ1v) is 9.06. The summed E-state index contributed by atoms with van der Waals surface area (Å²) in [6, 6.07) is 0.819. The Morgan fingerprint density at radius 2 is 1.54 bits per heavy atom. The van der Waals surface area contributed by atoms with E-state index in [2.05, 4.69) is 38.5 Å². The second-order valence-corrected chi connectivity index (χ2v) is 11.1. The molecule has 0 aromatic carbocycles. The van der Waals surface area contributed by atoms with Crippen molar-refractivity contribution in [2.24, 2.45) is 5.41 Å². The van der Waals surface area contributed by atoms with Crippen molar-refractivity contribution in [3.8, 4) is 0 Å². The van der Waals surface area contributed by atoms with Gasteiger partial charge < -0.3 is 4.98 Å². The highest BCUT2D eigenvalue weighted by Crippen LogP contribution is 2.35. The molecule has 0 aliphatic heterocycles. The summed E-state index contributed by atoms with van der Waals surface area (Å²) in [4.78, 5) is 3.83. The van der Waals surface area contributed by atoms with Crippen molar-refractivity contribution in [3.05, 3.63) is 0 Å². The zero-order valence-corrected chi connectivity index (χ0v) is 10.9. The quantitative estimate of drug-likeness (QED) is 0.672. The Kier molecular flexibility index (Phi) is 3.23. The van der Waals surface area contributed by atoms with Crippen LogP contribution < -0.4 is 4.98 Å². The number of nitrogens with one attached hydrogen (secondary N) is 1. The summed E-state index contributed by atoms with van der Waals surface area (Å²) >= 11 is 0. The molecule has 1 rings (SSSR count). The van der Waals surface area contributed by atoms with E-state index in [9.17, 15) is 0 Å². The molecule has 1 aliphatic rings. The number of hydrogen-bond acceptors (Lipinski definition) is 1. The number of rotatable bonds is 2. The third-order valence-electron chi connectivity index (χ3n) is 2.98. The van der Waals surface area contributed by atoms with Crippen LogP contribution in [0.15, 0.2) is 0 Å². The first-order valence-electron chi connectivity index (χ1n) is 5.56. The van der Waals surface area contributed by atoms with Gasteiger partial charge in [0.05, 0.1) is 0 Å². The van der Waals surface area contributed by atoms with Crippen LogP contribution in [0.2, 0.25) is 19.6 Å². The highest BCUT2D eigenvalue weighted by molar-refractivity contribution is 6.73. The lowest BCUT2D eigenvalue weighted by Crippen LogP contribution is -2.49. The van der Waals surface area contributed by atoms with Crippen LogP contribution in [0, 0.1) is 5.41 Å². The summed E-state index contributed by atoms with van der Waals surface area (Å²) in [6.45, 7) is 12.0. The van der Waals surface area contributed by atoms with E-state index < -0.39 is 8.24 Å².